The van der Waals surface area contributed by atoms with Crippen molar-refractivity contribution in [2.45, 2.75) is 6.54 Å². The fourth-order valence-electron chi connectivity index (χ4n) is 2.00. The molecule has 3 aromatic rings. The summed E-state index contributed by atoms with van der Waals surface area (Å²) in [6.07, 6.45) is 4.04. The lowest BCUT2D eigenvalue weighted by Crippen LogP contribution is -3.00. The van der Waals surface area contributed by atoms with E-state index in [1.807, 2.05) is 35.0 Å². The van der Waals surface area contributed by atoms with Crippen LogP contribution in [0.5, 0.6) is 0 Å². The first-order valence-corrected chi connectivity index (χ1v) is 5.91. The molecule has 0 aliphatic rings. The smallest absolute Gasteiger partial charge is 0.287 e. The highest BCUT2D eigenvalue weighted by molar-refractivity contribution is 6.29. The predicted molar refractivity (Wildman–Crippen MR) is 68.1 cm³/mol. The first kappa shape index (κ1) is 13.1. The monoisotopic (exact) mass is 322 g/mol. The van der Waals surface area contributed by atoms with Gasteiger partial charge in [0.05, 0.1) is 0 Å². The van der Waals surface area contributed by atoms with Crippen molar-refractivity contribution in [1.29, 1.82) is 0 Å². The molecule has 0 saturated carbocycles. The molecule has 0 aliphatic carbocycles. The van der Waals surface area contributed by atoms with Crippen LogP contribution < -0.4 is 21.5 Å². The molecular formula is C14H12BrClN2. The molecule has 2 nitrogen and oxygen atoms in total. The van der Waals surface area contributed by atoms with Crippen molar-refractivity contribution in [3.63, 3.8) is 0 Å². The van der Waals surface area contributed by atoms with Gasteiger partial charge in [-0.25, -0.2) is 4.57 Å². The number of pyridine rings is 1. The number of rotatable bonds is 2. The van der Waals surface area contributed by atoms with Crippen LogP contribution in [-0.2, 0) is 6.54 Å². The van der Waals surface area contributed by atoms with Gasteiger partial charge < -0.3 is 17.0 Å². The van der Waals surface area contributed by atoms with Crippen molar-refractivity contribution < 1.29 is 21.5 Å². The minimum Gasteiger partial charge on any atom is -1.00 e. The topological polar surface area (TPSA) is 8.29 Å². The van der Waals surface area contributed by atoms with E-state index >= 15 is 0 Å². The summed E-state index contributed by atoms with van der Waals surface area (Å²) in [4.78, 5) is 0. The summed E-state index contributed by atoms with van der Waals surface area (Å²) in [6, 6.07) is 16.3. The zero-order valence-corrected chi connectivity index (χ0v) is 12.0. The molecule has 3 rings (SSSR count). The maximum Gasteiger partial charge on any atom is 0.287 e. The molecule has 2 aromatic heterocycles. The van der Waals surface area contributed by atoms with Crippen LogP contribution in [0.2, 0.25) is 5.15 Å². The second-order valence-electron chi connectivity index (χ2n) is 3.99. The SMILES string of the molecule is Clc1cccc2n1cc[n+]2Cc1ccccc1.[Br-]. The molecule has 0 amide bonds. The number of aromatic nitrogens is 2. The molecule has 0 spiro atoms. The Bertz CT molecular complexity index is 649. The lowest BCUT2D eigenvalue weighted by molar-refractivity contribution is -0.661. The standard InChI is InChI=1S/C14H12ClN2.BrH/c15-13-7-4-8-14-16(9-10-17(13)14)11-12-5-2-1-3-6-12;/h1-10H,11H2;1H/q+1;/p-1. The van der Waals surface area contributed by atoms with Crippen LogP contribution in [0.4, 0.5) is 0 Å². The zero-order valence-electron chi connectivity index (χ0n) is 9.63. The van der Waals surface area contributed by atoms with Crippen LogP contribution in [0.3, 0.4) is 0 Å². The van der Waals surface area contributed by atoms with Crippen LogP contribution >= 0.6 is 11.6 Å². The number of benzene rings is 1. The summed E-state index contributed by atoms with van der Waals surface area (Å²) < 4.78 is 4.16. The third-order valence-corrected chi connectivity index (χ3v) is 3.15. The highest BCUT2D eigenvalue weighted by Crippen LogP contribution is 2.10. The van der Waals surface area contributed by atoms with Crippen LogP contribution in [0.1, 0.15) is 5.56 Å². The number of fused-ring (bicyclic) bond motifs is 1. The molecular weight excluding hydrogens is 312 g/mol. The Kier molecular flexibility index (Phi) is 4.04. The average Bonchev–Trinajstić information content (AvgIpc) is 2.76. The normalized spacial score (nSPS) is 10.3. The van der Waals surface area contributed by atoms with E-state index in [4.69, 9.17) is 11.6 Å². The quantitative estimate of drug-likeness (QED) is 0.461. The Balaban J connectivity index is 0.00000120. The van der Waals surface area contributed by atoms with E-state index in [0.717, 1.165) is 17.3 Å². The fourth-order valence-corrected chi connectivity index (χ4v) is 2.22. The zero-order chi connectivity index (χ0) is 11.7. The third kappa shape index (κ3) is 2.42. The Hall–Kier alpha value is -1.32. The number of imidazole rings is 1. The van der Waals surface area contributed by atoms with E-state index < -0.39 is 0 Å². The lowest BCUT2D eigenvalue weighted by Gasteiger charge is -1.98. The summed E-state index contributed by atoms with van der Waals surface area (Å²) >= 11 is 6.12. The molecule has 0 aliphatic heterocycles. The molecule has 0 bridgehead atoms. The van der Waals surface area contributed by atoms with E-state index in [0.29, 0.717) is 0 Å². The van der Waals surface area contributed by atoms with Crippen molar-refractivity contribution in [2.24, 2.45) is 0 Å². The van der Waals surface area contributed by atoms with E-state index in [2.05, 4.69) is 34.9 Å². The van der Waals surface area contributed by atoms with E-state index in [1.54, 1.807) is 0 Å². The summed E-state index contributed by atoms with van der Waals surface area (Å²) in [5.74, 6) is 0. The second-order valence-corrected chi connectivity index (χ2v) is 4.38. The van der Waals surface area contributed by atoms with Crippen LogP contribution in [0.15, 0.2) is 60.9 Å². The van der Waals surface area contributed by atoms with Gasteiger partial charge in [-0.1, -0.05) is 30.3 Å². The van der Waals surface area contributed by atoms with Gasteiger partial charge in [0.1, 0.15) is 18.9 Å². The van der Waals surface area contributed by atoms with Crippen molar-refractivity contribution in [1.82, 2.24) is 4.40 Å². The van der Waals surface area contributed by atoms with Gasteiger partial charge in [-0.2, -0.15) is 4.40 Å². The van der Waals surface area contributed by atoms with Crippen molar-refractivity contribution >= 4 is 17.2 Å². The molecule has 92 valence electrons. The Labute approximate surface area is 121 Å². The summed E-state index contributed by atoms with van der Waals surface area (Å²) in [6.45, 7) is 0.859. The van der Waals surface area contributed by atoms with Crippen LogP contribution in [0.25, 0.3) is 5.65 Å². The summed E-state index contributed by atoms with van der Waals surface area (Å²) in [5, 5.41) is 0.731. The van der Waals surface area contributed by atoms with Crippen LogP contribution in [0, 0.1) is 0 Å². The fraction of sp³-hybridized carbons (Fsp3) is 0.0714. The maximum atomic E-state index is 6.12. The molecule has 0 atom stereocenters. The second kappa shape index (κ2) is 5.55. The van der Waals surface area contributed by atoms with Crippen LogP contribution in [-0.4, -0.2) is 4.40 Å². The van der Waals surface area contributed by atoms with Crippen molar-refractivity contribution in [3.05, 3.63) is 71.6 Å². The molecule has 0 radical (unpaired) electrons. The van der Waals surface area contributed by atoms with Gasteiger partial charge in [0.15, 0.2) is 5.15 Å². The van der Waals surface area contributed by atoms with Crippen molar-refractivity contribution in [2.75, 3.05) is 0 Å². The number of halogens is 2. The molecule has 18 heavy (non-hydrogen) atoms. The first-order chi connectivity index (χ1) is 8.34. The third-order valence-electron chi connectivity index (χ3n) is 2.84. The van der Waals surface area contributed by atoms with Gasteiger partial charge >= 0.3 is 0 Å². The Morgan fingerprint density at radius 2 is 1.78 bits per heavy atom. The predicted octanol–water partition coefficient (Wildman–Crippen LogP) is -0.0675. The molecule has 0 saturated heterocycles. The Morgan fingerprint density at radius 3 is 2.56 bits per heavy atom. The molecule has 0 N–H and O–H groups in total. The first-order valence-electron chi connectivity index (χ1n) is 5.53. The van der Waals surface area contributed by atoms with Gasteiger partial charge in [-0.3, -0.25) is 0 Å². The number of hydrogen-bond acceptors (Lipinski definition) is 0. The van der Waals surface area contributed by atoms with Crippen molar-refractivity contribution in [3.8, 4) is 0 Å². The van der Waals surface area contributed by atoms with E-state index in [9.17, 15) is 0 Å². The number of nitrogens with zero attached hydrogens (tertiary/aromatic N) is 2. The highest BCUT2D eigenvalue weighted by atomic mass is 79.9. The summed E-state index contributed by atoms with van der Waals surface area (Å²) in [5.41, 5.74) is 2.38. The van der Waals surface area contributed by atoms with E-state index in [1.165, 1.54) is 5.56 Å². The average molecular weight is 324 g/mol. The number of hydrogen-bond donors (Lipinski definition) is 0. The largest absolute Gasteiger partial charge is 1.00 e. The van der Waals surface area contributed by atoms with Gasteiger partial charge in [-0.05, 0) is 29.3 Å². The minimum absolute atomic E-state index is 0. The van der Waals surface area contributed by atoms with Gasteiger partial charge in [0.25, 0.3) is 5.65 Å². The molecule has 4 heteroatoms. The van der Waals surface area contributed by atoms with Gasteiger partial charge in [0, 0.05) is 6.07 Å². The Morgan fingerprint density at radius 1 is 1.00 bits per heavy atom. The van der Waals surface area contributed by atoms with E-state index in [-0.39, 0.29) is 17.0 Å². The molecule has 0 fully saturated rings. The maximum absolute atomic E-state index is 6.12. The van der Waals surface area contributed by atoms with Gasteiger partial charge in [-0.15, -0.1) is 0 Å². The summed E-state index contributed by atoms with van der Waals surface area (Å²) in [7, 11) is 0. The van der Waals surface area contributed by atoms with Gasteiger partial charge in [0.2, 0.25) is 0 Å². The minimum atomic E-state index is 0. The lowest BCUT2D eigenvalue weighted by atomic mass is 10.2. The molecule has 2 heterocycles. The highest BCUT2D eigenvalue weighted by Gasteiger charge is 2.11. The molecule has 1 aromatic carbocycles. The molecule has 0 unspecified atom stereocenters.